The van der Waals surface area contributed by atoms with Crippen LogP contribution in [-0.4, -0.2) is 77.0 Å². The van der Waals surface area contributed by atoms with E-state index in [1.54, 1.807) is 11.3 Å². The fourth-order valence-corrected chi connectivity index (χ4v) is 6.21. The number of aromatic nitrogens is 1. The zero-order valence-electron chi connectivity index (χ0n) is 21.5. The van der Waals surface area contributed by atoms with E-state index in [0.29, 0.717) is 31.9 Å². The molecule has 1 aromatic heterocycles. The molecule has 4 atom stereocenters. The number of aliphatic hydroxyl groups excluding tert-OH is 1. The number of thiazole rings is 1. The molecule has 3 aliphatic rings. The molecule has 2 amide bonds. The van der Waals surface area contributed by atoms with Gasteiger partial charge in [0.25, 0.3) is 0 Å². The van der Waals surface area contributed by atoms with Crippen LogP contribution in [0.25, 0.3) is 10.2 Å². The minimum atomic E-state index is -0.634. The minimum Gasteiger partial charge on any atom is -0.491 e. The zero-order chi connectivity index (χ0) is 26.2. The van der Waals surface area contributed by atoms with Gasteiger partial charge in [-0.2, -0.15) is 0 Å². The molecule has 2 unspecified atom stereocenters. The molecule has 3 aromatic rings. The lowest BCUT2D eigenvalue weighted by Crippen LogP contribution is -2.56. The Morgan fingerprint density at radius 2 is 2.11 bits per heavy atom. The molecule has 2 aromatic carbocycles. The summed E-state index contributed by atoms with van der Waals surface area (Å²) in [6, 6.07) is 11.7. The number of rotatable bonds is 6. The molecule has 2 N–H and O–H groups in total. The van der Waals surface area contributed by atoms with Gasteiger partial charge in [-0.05, 0) is 38.1 Å². The number of nitrogens with zero attached hydrogens (tertiary/aromatic N) is 3. The number of hydrogen-bond donors (Lipinski definition) is 2. The number of aliphatic hydroxyl groups is 1. The molecule has 38 heavy (non-hydrogen) atoms. The molecule has 198 valence electrons. The number of amides is 2. The fraction of sp³-hybridized carbons (Fsp3) is 0.379. The van der Waals surface area contributed by atoms with E-state index in [4.69, 9.17) is 9.47 Å². The summed E-state index contributed by atoms with van der Waals surface area (Å²) >= 11 is 1.65. The van der Waals surface area contributed by atoms with Gasteiger partial charge in [-0.3, -0.25) is 4.90 Å². The lowest BCUT2D eigenvalue weighted by Gasteiger charge is -2.40. The van der Waals surface area contributed by atoms with Crippen LogP contribution in [0.5, 0.6) is 11.5 Å². The fourth-order valence-electron chi connectivity index (χ4n) is 5.40. The summed E-state index contributed by atoms with van der Waals surface area (Å²) in [5.41, 5.74) is 2.80. The normalized spacial score (nSPS) is 23.1. The number of nitrogens with one attached hydrogen (secondary N) is 1. The van der Waals surface area contributed by atoms with E-state index < -0.39 is 6.10 Å². The summed E-state index contributed by atoms with van der Waals surface area (Å²) < 4.78 is 13.0. The van der Waals surface area contributed by atoms with E-state index in [1.807, 2.05) is 60.4 Å². The third-order valence-corrected chi connectivity index (χ3v) is 8.33. The summed E-state index contributed by atoms with van der Waals surface area (Å²) in [6.45, 7) is 6.62. The number of aryl methyl sites for hydroxylation is 1. The van der Waals surface area contributed by atoms with Gasteiger partial charge in [0.1, 0.15) is 30.3 Å². The second kappa shape index (κ2) is 10.4. The quantitative estimate of drug-likeness (QED) is 0.484. The van der Waals surface area contributed by atoms with E-state index in [9.17, 15) is 9.90 Å². The third kappa shape index (κ3) is 5.14. The van der Waals surface area contributed by atoms with Crippen molar-refractivity contribution in [3.8, 4) is 11.5 Å². The highest BCUT2D eigenvalue weighted by Gasteiger charge is 2.32. The van der Waals surface area contributed by atoms with Crippen LogP contribution < -0.4 is 14.8 Å². The van der Waals surface area contributed by atoms with E-state index in [2.05, 4.69) is 34.3 Å². The van der Waals surface area contributed by atoms with Gasteiger partial charge < -0.3 is 24.8 Å². The van der Waals surface area contributed by atoms with Gasteiger partial charge in [-0.25, -0.2) is 9.78 Å². The Kier molecular flexibility index (Phi) is 6.82. The van der Waals surface area contributed by atoms with Crippen molar-refractivity contribution in [3.05, 3.63) is 71.3 Å². The first kappa shape index (κ1) is 24.9. The maximum Gasteiger partial charge on any atom is 0.321 e. The lowest BCUT2D eigenvalue weighted by molar-refractivity contribution is 0.0307. The standard InChI is InChI=1S/C29H32N4O4S/c1-18-15-33(29(35)31-20-7-9-24-23-5-3-4-6-26(23)37-27(24)13-20)12-11-32(18)16-21(34)17-36-22-8-10-28-25(14-22)30-19(2)38-28/h3-10,13-14,18,21,23,26,34H,11-12,15-17H2,1-2H3,(H,31,35)/t18-,21+,23?,26?/m0/s1. The first-order valence-corrected chi connectivity index (χ1v) is 13.9. The summed E-state index contributed by atoms with van der Waals surface area (Å²) in [4.78, 5) is 21.5. The van der Waals surface area contributed by atoms with E-state index >= 15 is 0 Å². The molecule has 1 fully saturated rings. The number of allylic oxidation sites excluding steroid dienone is 2. The predicted octanol–water partition coefficient (Wildman–Crippen LogP) is 4.55. The minimum absolute atomic E-state index is 0.0292. The molecule has 0 spiro atoms. The summed E-state index contributed by atoms with van der Waals surface area (Å²) in [5, 5.41) is 14.7. The van der Waals surface area contributed by atoms with Crippen molar-refractivity contribution >= 4 is 33.3 Å². The Labute approximate surface area is 226 Å². The SMILES string of the molecule is Cc1nc2cc(OC[C@H](O)CN3CCN(C(=O)Nc4ccc5c(c4)OC4C=CC=CC54)C[C@@H]3C)ccc2s1. The predicted molar refractivity (Wildman–Crippen MR) is 149 cm³/mol. The van der Waals surface area contributed by atoms with E-state index in [0.717, 1.165) is 32.2 Å². The molecule has 2 aliphatic heterocycles. The number of urea groups is 1. The number of carbonyl (C=O) groups excluding carboxylic acids is 1. The molecule has 0 radical (unpaired) electrons. The van der Waals surface area contributed by atoms with Gasteiger partial charge in [0.2, 0.25) is 0 Å². The highest BCUT2D eigenvalue weighted by Crippen LogP contribution is 2.42. The first-order valence-electron chi connectivity index (χ1n) is 13.1. The second-order valence-electron chi connectivity index (χ2n) is 10.2. The number of benzene rings is 2. The molecule has 0 bridgehead atoms. The van der Waals surface area contributed by atoms with Gasteiger partial charge >= 0.3 is 6.03 Å². The van der Waals surface area contributed by atoms with Crippen molar-refractivity contribution in [1.29, 1.82) is 0 Å². The Morgan fingerprint density at radius 1 is 1.24 bits per heavy atom. The molecule has 9 heteroatoms. The monoisotopic (exact) mass is 532 g/mol. The molecular weight excluding hydrogens is 500 g/mol. The van der Waals surface area contributed by atoms with E-state index in [-0.39, 0.29) is 30.7 Å². The number of ether oxygens (including phenoxy) is 2. The number of β-amino-alcohol motifs (C(OH)–C–C–N with tert-alkyl or cyclic N) is 1. The van der Waals surface area contributed by atoms with Crippen LogP contribution >= 0.6 is 11.3 Å². The number of hydrogen-bond acceptors (Lipinski definition) is 7. The van der Waals surface area contributed by atoms with Gasteiger partial charge in [0.15, 0.2) is 0 Å². The maximum atomic E-state index is 13.0. The first-order chi connectivity index (χ1) is 18.4. The largest absolute Gasteiger partial charge is 0.491 e. The molecule has 1 saturated heterocycles. The Morgan fingerprint density at radius 3 is 2.97 bits per heavy atom. The van der Waals surface area contributed by atoms with Crippen molar-refractivity contribution < 1.29 is 19.4 Å². The van der Waals surface area contributed by atoms with Crippen LogP contribution in [0.2, 0.25) is 0 Å². The number of fused-ring (bicyclic) bond motifs is 4. The average molecular weight is 533 g/mol. The van der Waals surface area contributed by atoms with Crippen molar-refractivity contribution in [2.45, 2.75) is 38.0 Å². The van der Waals surface area contributed by atoms with E-state index in [1.165, 1.54) is 0 Å². The van der Waals surface area contributed by atoms with Crippen LogP contribution in [0.15, 0.2) is 60.7 Å². The van der Waals surface area contributed by atoms with Crippen molar-refractivity contribution in [1.82, 2.24) is 14.8 Å². The highest BCUT2D eigenvalue weighted by atomic mass is 32.1. The van der Waals surface area contributed by atoms with Crippen molar-refractivity contribution in [3.63, 3.8) is 0 Å². The molecule has 8 nitrogen and oxygen atoms in total. The lowest BCUT2D eigenvalue weighted by atomic mass is 9.92. The second-order valence-corrected chi connectivity index (χ2v) is 11.4. The molecule has 3 heterocycles. The number of piperazine rings is 1. The maximum absolute atomic E-state index is 13.0. The van der Waals surface area contributed by atoms with Crippen LogP contribution in [0.3, 0.4) is 0 Å². The van der Waals surface area contributed by atoms with Gasteiger partial charge in [0.05, 0.1) is 15.2 Å². The summed E-state index contributed by atoms with van der Waals surface area (Å²) in [5.74, 6) is 1.77. The highest BCUT2D eigenvalue weighted by molar-refractivity contribution is 7.18. The van der Waals surface area contributed by atoms with Crippen LogP contribution in [-0.2, 0) is 0 Å². The van der Waals surface area contributed by atoms with Crippen molar-refractivity contribution in [2.75, 3.05) is 38.1 Å². The van der Waals surface area contributed by atoms with Gasteiger partial charge in [-0.15, -0.1) is 11.3 Å². The number of anilines is 1. The van der Waals surface area contributed by atoms with Crippen LogP contribution in [0, 0.1) is 6.92 Å². The van der Waals surface area contributed by atoms with Gasteiger partial charge in [0, 0.05) is 61.5 Å². The summed E-state index contributed by atoms with van der Waals surface area (Å²) in [6.07, 6.45) is 7.67. The molecule has 6 rings (SSSR count). The Bertz CT molecular complexity index is 1400. The van der Waals surface area contributed by atoms with Gasteiger partial charge in [-0.1, -0.05) is 24.3 Å². The zero-order valence-corrected chi connectivity index (χ0v) is 22.4. The van der Waals surface area contributed by atoms with Crippen molar-refractivity contribution in [2.24, 2.45) is 0 Å². The van der Waals surface area contributed by atoms with Crippen LogP contribution in [0.1, 0.15) is 23.4 Å². The number of carbonyl (C=O) groups is 1. The Balaban J connectivity index is 0.984. The topological polar surface area (TPSA) is 87.2 Å². The smallest absolute Gasteiger partial charge is 0.321 e. The Hall–Kier alpha value is -3.40. The molecule has 0 saturated carbocycles. The molecular formula is C29H32N4O4S. The molecule has 1 aliphatic carbocycles. The summed E-state index contributed by atoms with van der Waals surface area (Å²) in [7, 11) is 0. The van der Waals surface area contributed by atoms with Crippen LogP contribution in [0.4, 0.5) is 10.5 Å². The average Bonchev–Trinajstić information content (AvgIpc) is 3.47. The third-order valence-electron chi connectivity index (χ3n) is 7.38.